The second-order valence-corrected chi connectivity index (χ2v) is 3.20. The van der Waals surface area contributed by atoms with E-state index < -0.39 is 17.5 Å². The number of thioether (sulfide) groups is 1. The number of phenols is 1. The number of rotatable bonds is 1. The Morgan fingerprint density at radius 2 is 1.92 bits per heavy atom. The van der Waals surface area contributed by atoms with Crippen molar-refractivity contribution < 1.29 is 18.3 Å². The van der Waals surface area contributed by atoms with Crippen LogP contribution in [0.25, 0.3) is 0 Å². The fourth-order valence-electron chi connectivity index (χ4n) is 0.975. The van der Waals surface area contributed by atoms with Crippen molar-refractivity contribution in [3.63, 3.8) is 0 Å². The number of alkyl halides is 3. The molecule has 0 bridgehead atoms. The Balaban J connectivity index is 3.32. The lowest BCUT2D eigenvalue weighted by Crippen LogP contribution is -2.06. The molecular weight excluding hydrogens is 201 g/mol. The third-order valence-corrected chi connectivity index (χ3v) is 2.29. The molecule has 5 heteroatoms. The molecular formula is C8H7F3OS. The van der Waals surface area contributed by atoms with E-state index in [0.29, 0.717) is 0 Å². The molecule has 1 nitrogen and oxygen atoms in total. The van der Waals surface area contributed by atoms with E-state index in [0.717, 1.165) is 17.8 Å². The first-order valence-electron chi connectivity index (χ1n) is 3.40. The van der Waals surface area contributed by atoms with Gasteiger partial charge >= 0.3 is 6.18 Å². The largest absolute Gasteiger partial charge is 0.507 e. The molecule has 72 valence electrons. The van der Waals surface area contributed by atoms with E-state index in [-0.39, 0.29) is 4.90 Å². The lowest BCUT2D eigenvalue weighted by molar-refractivity contribution is -0.140. The summed E-state index contributed by atoms with van der Waals surface area (Å²) in [5.74, 6) is -0.723. The summed E-state index contributed by atoms with van der Waals surface area (Å²) in [6, 6.07) is 3.74. The van der Waals surface area contributed by atoms with Gasteiger partial charge in [0.2, 0.25) is 0 Å². The smallest absolute Gasteiger partial charge is 0.421 e. The first-order chi connectivity index (χ1) is 5.96. The maximum absolute atomic E-state index is 12.3. The van der Waals surface area contributed by atoms with Crippen molar-refractivity contribution in [2.75, 3.05) is 6.26 Å². The maximum atomic E-state index is 12.3. The standard InChI is InChI=1S/C8H7F3OS/c1-13-6-4-2-3-5(12)7(6)8(9,10)11/h2-4,12H,1H3. The van der Waals surface area contributed by atoms with E-state index >= 15 is 0 Å². The number of hydrogen-bond acceptors (Lipinski definition) is 2. The van der Waals surface area contributed by atoms with Crippen molar-refractivity contribution in [1.82, 2.24) is 0 Å². The summed E-state index contributed by atoms with van der Waals surface area (Å²) < 4.78 is 37.0. The zero-order chi connectivity index (χ0) is 10.1. The van der Waals surface area contributed by atoms with Crippen molar-refractivity contribution in [2.24, 2.45) is 0 Å². The summed E-state index contributed by atoms with van der Waals surface area (Å²) in [4.78, 5) is 0.0347. The van der Waals surface area contributed by atoms with Gasteiger partial charge in [0.05, 0.1) is 0 Å². The molecule has 1 aromatic carbocycles. The highest BCUT2D eigenvalue weighted by atomic mass is 32.2. The lowest BCUT2D eigenvalue weighted by atomic mass is 10.2. The molecule has 0 saturated heterocycles. The third-order valence-electron chi connectivity index (χ3n) is 1.51. The Labute approximate surface area is 77.6 Å². The molecule has 0 atom stereocenters. The number of aromatic hydroxyl groups is 1. The average molecular weight is 208 g/mol. The van der Waals surface area contributed by atoms with Crippen LogP contribution in [-0.2, 0) is 6.18 Å². The summed E-state index contributed by atoms with van der Waals surface area (Å²) in [6.07, 6.45) is -2.96. The van der Waals surface area contributed by atoms with Crippen LogP contribution in [0.15, 0.2) is 23.1 Å². The minimum Gasteiger partial charge on any atom is -0.507 e. The minimum atomic E-state index is -4.50. The van der Waals surface area contributed by atoms with E-state index in [2.05, 4.69) is 0 Å². The number of halogens is 3. The van der Waals surface area contributed by atoms with Gasteiger partial charge in [-0.3, -0.25) is 0 Å². The highest BCUT2D eigenvalue weighted by Gasteiger charge is 2.36. The van der Waals surface area contributed by atoms with Gasteiger partial charge in [-0.05, 0) is 18.4 Å². The summed E-state index contributed by atoms with van der Waals surface area (Å²) in [7, 11) is 0. The highest BCUT2D eigenvalue weighted by molar-refractivity contribution is 7.98. The molecule has 0 aliphatic rings. The van der Waals surface area contributed by atoms with E-state index in [1.807, 2.05) is 0 Å². The van der Waals surface area contributed by atoms with Gasteiger partial charge in [0, 0.05) is 4.90 Å². The topological polar surface area (TPSA) is 20.2 Å². The Hall–Kier alpha value is -0.840. The summed E-state index contributed by atoms with van der Waals surface area (Å²) >= 11 is 0.956. The Morgan fingerprint density at radius 3 is 2.31 bits per heavy atom. The molecule has 0 aliphatic heterocycles. The first-order valence-corrected chi connectivity index (χ1v) is 4.62. The Bertz CT molecular complexity index is 309. The van der Waals surface area contributed by atoms with Crippen LogP contribution in [0.2, 0.25) is 0 Å². The molecule has 0 spiro atoms. The summed E-state index contributed by atoms with van der Waals surface area (Å²) in [5.41, 5.74) is -0.956. The van der Waals surface area contributed by atoms with Gasteiger partial charge in [0.15, 0.2) is 0 Å². The number of benzene rings is 1. The van der Waals surface area contributed by atoms with Crippen LogP contribution in [0, 0.1) is 0 Å². The maximum Gasteiger partial charge on any atom is 0.421 e. The van der Waals surface area contributed by atoms with Crippen LogP contribution in [0.5, 0.6) is 5.75 Å². The van der Waals surface area contributed by atoms with Crippen LogP contribution < -0.4 is 0 Å². The van der Waals surface area contributed by atoms with Crippen molar-refractivity contribution in [3.8, 4) is 5.75 Å². The zero-order valence-corrected chi connectivity index (χ0v) is 7.54. The molecule has 1 N–H and O–H groups in total. The highest BCUT2D eigenvalue weighted by Crippen LogP contribution is 2.41. The third kappa shape index (κ3) is 2.09. The Morgan fingerprint density at radius 1 is 1.31 bits per heavy atom. The first kappa shape index (κ1) is 10.2. The van der Waals surface area contributed by atoms with Crippen LogP contribution in [0.4, 0.5) is 13.2 Å². The monoisotopic (exact) mass is 208 g/mol. The van der Waals surface area contributed by atoms with Gasteiger partial charge in [0.25, 0.3) is 0 Å². The van der Waals surface area contributed by atoms with E-state index in [1.54, 1.807) is 0 Å². The quantitative estimate of drug-likeness (QED) is 0.715. The van der Waals surface area contributed by atoms with Gasteiger partial charge in [-0.1, -0.05) is 6.07 Å². The van der Waals surface area contributed by atoms with E-state index in [9.17, 15) is 13.2 Å². The van der Waals surface area contributed by atoms with Gasteiger partial charge < -0.3 is 5.11 Å². The molecule has 0 saturated carbocycles. The predicted molar refractivity (Wildman–Crippen MR) is 44.9 cm³/mol. The molecule has 0 radical (unpaired) electrons. The molecule has 0 fully saturated rings. The molecule has 0 amide bonds. The van der Waals surface area contributed by atoms with E-state index in [1.165, 1.54) is 18.4 Å². The molecule has 0 heterocycles. The van der Waals surface area contributed by atoms with Crippen LogP contribution >= 0.6 is 11.8 Å². The Kier molecular flexibility index (Phi) is 2.75. The normalized spacial score (nSPS) is 11.7. The molecule has 1 rings (SSSR count). The van der Waals surface area contributed by atoms with Gasteiger partial charge in [-0.2, -0.15) is 13.2 Å². The fourth-order valence-corrected chi connectivity index (χ4v) is 1.61. The van der Waals surface area contributed by atoms with Gasteiger partial charge in [-0.15, -0.1) is 11.8 Å². The second-order valence-electron chi connectivity index (χ2n) is 2.35. The zero-order valence-electron chi connectivity index (χ0n) is 6.72. The van der Waals surface area contributed by atoms with Crippen LogP contribution in [-0.4, -0.2) is 11.4 Å². The summed E-state index contributed by atoms with van der Waals surface area (Å²) in [5, 5.41) is 9.02. The molecule has 0 aliphatic carbocycles. The van der Waals surface area contributed by atoms with Crippen molar-refractivity contribution in [3.05, 3.63) is 23.8 Å². The molecule has 0 unspecified atom stereocenters. The van der Waals surface area contributed by atoms with Gasteiger partial charge in [0.1, 0.15) is 11.3 Å². The van der Waals surface area contributed by atoms with Crippen molar-refractivity contribution in [1.29, 1.82) is 0 Å². The number of phenolic OH excluding ortho intramolecular Hbond substituents is 1. The minimum absolute atomic E-state index is 0.0347. The SMILES string of the molecule is CSc1cccc(O)c1C(F)(F)F. The fraction of sp³-hybridized carbons (Fsp3) is 0.250. The molecule has 0 aromatic heterocycles. The number of hydrogen-bond donors (Lipinski definition) is 1. The molecule has 13 heavy (non-hydrogen) atoms. The van der Waals surface area contributed by atoms with Gasteiger partial charge in [-0.25, -0.2) is 0 Å². The van der Waals surface area contributed by atoms with Crippen molar-refractivity contribution >= 4 is 11.8 Å². The van der Waals surface area contributed by atoms with Crippen LogP contribution in [0.3, 0.4) is 0 Å². The second kappa shape index (κ2) is 3.49. The average Bonchev–Trinajstić information content (AvgIpc) is 2.01. The van der Waals surface area contributed by atoms with Crippen molar-refractivity contribution in [2.45, 2.75) is 11.1 Å². The van der Waals surface area contributed by atoms with E-state index in [4.69, 9.17) is 5.11 Å². The predicted octanol–water partition coefficient (Wildman–Crippen LogP) is 3.13. The lowest BCUT2D eigenvalue weighted by Gasteiger charge is -2.12. The summed E-state index contributed by atoms with van der Waals surface area (Å²) in [6.45, 7) is 0. The molecule has 1 aromatic rings. The van der Waals surface area contributed by atoms with Crippen LogP contribution in [0.1, 0.15) is 5.56 Å².